The number of anilines is 1. The molecular formula is C14H17N3O2. The number of aryl methyl sites for hydroxylation is 1. The molecule has 0 aliphatic heterocycles. The van der Waals surface area contributed by atoms with Crippen LogP contribution in [0.5, 0.6) is 0 Å². The quantitative estimate of drug-likeness (QED) is 0.810. The van der Waals surface area contributed by atoms with Crippen molar-refractivity contribution < 1.29 is 9.53 Å². The Morgan fingerprint density at radius 1 is 1.42 bits per heavy atom. The fourth-order valence-electron chi connectivity index (χ4n) is 1.77. The van der Waals surface area contributed by atoms with E-state index < -0.39 is 0 Å². The SMILES string of the molecule is CCOC(=O)c1ccccc1NCc1nc[nH]c1C. The Morgan fingerprint density at radius 3 is 2.89 bits per heavy atom. The fourth-order valence-corrected chi connectivity index (χ4v) is 1.77. The smallest absolute Gasteiger partial charge is 0.340 e. The number of imidazole rings is 1. The molecule has 100 valence electrons. The van der Waals surface area contributed by atoms with E-state index in [1.807, 2.05) is 25.1 Å². The lowest BCUT2D eigenvalue weighted by Crippen LogP contribution is -2.10. The van der Waals surface area contributed by atoms with Crippen LogP contribution in [0.4, 0.5) is 5.69 Å². The standard InChI is InChI=1S/C14H17N3O2/c1-3-19-14(18)11-6-4-5-7-12(11)15-8-13-10(2)16-9-17-13/h4-7,9,15H,3,8H2,1-2H3,(H,16,17). The first kappa shape index (κ1) is 13.1. The van der Waals surface area contributed by atoms with E-state index in [9.17, 15) is 4.79 Å². The molecule has 0 saturated carbocycles. The molecule has 0 bridgehead atoms. The van der Waals surface area contributed by atoms with Crippen LogP contribution in [0.15, 0.2) is 30.6 Å². The monoisotopic (exact) mass is 259 g/mol. The Hall–Kier alpha value is -2.30. The second kappa shape index (κ2) is 6.04. The fraction of sp³-hybridized carbons (Fsp3) is 0.286. The van der Waals surface area contributed by atoms with Crippen LogP contribution >= 0.6 is 0 Å². The number of aromatic amines is 1. The number of esters is 1. The van der Waals surface area contributed by atoms with Crippen molar-refractivity contribution in [2.24, 2.45) is 0 Å². The predicted molar refractivity (Wildman–Crippen MR) is 73.0 cm³/mol. The van der Waals surface area contributed by atoms with Crippen LogP contribution in [0.3, 0.4) is 0 Å². The molecule has 2 rings (SSSR count). The second-order valence-corrected chi connectivity index (χ2v) is 4.09. The molecule has 0 spiro atoms. The average molecular weight is 259 g/mol. The summed E-state index contributed by atoms with van der Waals surface area (Å²) in [6.45, 7) is 4.68. The minimum atomic E-state index is -0.315. The summed E-state index contributed by atoms with van der Waals surface area (Å²) in [4.78, 5) is 19.0. The molecule has 19 heavy (non-hydrogen) atoms. The zero-order valence-electron chi connectivity index (χ0n) is 11.1. The summed E-state index contributed by atoms with van der Waals surface area (Å²) in [6, 6.07) is 7.30. The summed E-state index contributed by atoms with van der Waals surface area (Å²) in [6.07, 6.45) is 1.66. The number of nitrogens with one attached hydrogen (secondary N) is 2. The number of benzene rings is 1. The van der Waals surface area contributed by atoms with Gasteiger partial charge in [-0.1, -0.05) is 12.1 Å². The molecule has 1 aromatic heterocycles. The Morgan fingerprint density at radius 2 is 2.21 bits per heavy atom. The van der Waals surface area contributed by atoms with Gasteiger partial charge in [0.15, 0.2) is 0 Å². The minimum absolute atomic E-state index is 0.315. The van der Waals surface area contributed by atoms with E-state index in [1.54, 1.807) is 19.3 Å². The van der Waals surface area contributed by atoms with Crippen molar-refractivity contribution in [3.05, 3.63) is 47.5 Å². The summed E-state index contributed by atoms with van der Waals surface area (Å²) in [5.41, 5.74) is 3.24. The minimum Gasteiger partial charge on any atom is -0.462 e. The number of H-pyrrole nitrogens is 1. The van der Waals surface area contributed by atoms with Gasteiger partial charge in [0.25, 0.3) is 0 Å². The summed E-state index contributed by atoms with van der Waals surface area (Å²) in [7, 11) is 0. The molecule has 0 amide bonds. The van der Waals surface area contributed by atoms with Crippen LogP contribution in [0, 0.1) is 6.92 Å². The normalized spacial score (nSPS) is 10.2. The van der Waals surface area contributed by atoms with Gasteiger partial charge in [0.2, 0.25) is 0 Å². The lowest BCUT2D eigenvalue weighted by atomic mass is 10.1. The van der Waals surface area contributed by atoms with Gasteiger partial charge in [-0.2, -0.15) is 0 Å². The first-order chi connectivity index (χ1) is 9.22. The molecule has 0 radical (unpaired) electrons. The van der Waals surface area contributed by atoms with Crippen molar-refractivity contribution in [1.82, 2.24) is 9.97 Å². The number of hydrogen-bond donors (Lipinski definition) is 2. The van der Waals surface area contributed by atoms with Gasteiger partial charge >= 0.3 is 5.97 Å². The first-order valence-corrected chi connectivity index (χ1v) is 6.21. The maximum Gasteiger partial charge on any atom is 0.340 e. The van der Waals surface area contributed by atoms with Gasteiger partial charge in [0, 0.05) is 11.4 Å². The van der Waals surface area contributed by atoms with Crippen LogP contribution in [-0.2, 0) is 11.3 Å². The number of carbonyl (C=O) groups is 1. The number of nitrogens with zero attached hydrogens (tertiary/aromatic N) is 1. The van der Waals surface area contributed by atoms with E-state index >= 15 is 0 Å². The van der Waals surface area contributed by atoms with Crippen molar-refractivity contribution in [3.8, 4) is 0 Å². The van der Waals surface area contributed by atoms with Crippen LogP contribution < -0.4 is 5.32 Å². The van der Waals surface area contributed by atoms with E-state index in [-0.39, 0.29) is 5.97 Å². The van der Waals surface area contributed by atoms with E-state index in [1.165, 1.54) is 0 Å². The third kappa shape index (κ3) is 3.13. The molecule has 2 N–H and O–H groups in total. The lowest BCUT2D eigenvalue weighted by molar-refractivity contribution is 0.0527. The van der Waals surface area contributed by atoms with Crippen LogP contribution in [0.2, 0.25) is 0 Å². The summed E-state index contributed by atoms with van der Waals surface area (Å²) < 4.78 is 5.03. The molecule has 5 nitrogen and oxygen atoms in total. The Balaban J connectivity index is 2.12. The molecule has 0 aliphatic rings. The van der Waals surface area contributed by atoms with Crippen molar-refractivity contribution in [2.75, 3.05) is 11.9 Å². The highest BCUT2D eigenvalue weighted by molar-refractivity contribution is 5.95. The second-order valence-electron chi connectivity index (χ2n) is 4.09. The van der Waals surface area contributed by atoms with Gasteiger partial charge in [-0.3, -0.25) is 0 Å². The molecule has 0 unspecified atom stereocenters. The number of ether oxygens (including phenoxy) is 1. The largest absolute Gasteiger partial charge is 0.462 e. The molecule has 0 saturated heterocycles. The Bertz CT molecular complexity index is 563. The molecule has 5 heteroatoms. The highest BCUT2D eigenvalue weighted by Crippen LogP contribution is 2.17. The lowest BCUT2D eigenvalue weighted by Gasteiger charge is -2.10. The van der Waals surface area contributed by atoms with Gasteiger partial charge in [0.05, 0.1) is 30.7 Å². The topological polar surface area (TPSA) is 67.0 Å². The van der Waals surface area contributed by atoms with Gasteiger partial charge in [-0.05, 0) is 26.0 Å². The summed E-state index contributed by atoms with van der Waals surface area (Å²) in [5, 5.41) is 3.21. The van der Waals surface area contributed by atoms with Gasteiger partial charge in [-0.15, -0.1) is 0 Å². The highest BCUT2D eigenvalue weighted by Gasteiger charge is 2.11. The molecule has 0 fully saturated rings. The van der Waals surface area contributed by atoms with Crippen molar-refractivity contribution in [2.45, 2.75) is 20.4 Å². The maximum absolute atomic E-state index is 11.8. The number of carbonyl (C=O) groups excluding carboxylic acids is 1. The maximum atomic E-state index is 11.8. The average Bonchev–Trinajstić information content (AvgIpc) is 2.82. The zero-order chi connectivity index (χ0) is 13.7. The molecular weight excluding hydrogens is 242 g/mol. The molecule has 0 atom stereocenters. The van der Waals surface area contributed by atoms with Crippen molar-refractivity contribution >= 4 is 11.7 Å². The zero-order valence-corrected chi connectivity index (χ0v) is 11.1. The van der Waals surface area contributed by atoms with E-state index in [2.05, 4.69) is 15.3 Å². The van der Waals surface area contributed by atoms with Gasteiger partial charge in [-0.25, -0.2) is 9.78 Å². The van der Waals surface area contributed by atoms with E-state index in [0.29, 0.717) is 18.7 Å². The number of rotatable bonds is 5. The highest BCUT2D eigenvalue weighted by atomic mass is 16.5. The van der Waals surface area contributed by atoms with E-state index in [0.717, 1.165) is 17.1 Å². The Kier molecular flexibility index (Phi) is 4.18. The number of aromatic nitrogens is 2. The van der Waals surface area contributed by atoms with E-state index in [4.69, 9.17) is 4.74 Å². The summed E-state index contributed by atoms with van der Waals surface area (Å²) in [5.74, 6) is -0.315. The van der Waals surface area contributed by atoms with Crippen molar-refractivity contribution in [1.29, 1.82) is 0 Å². The predicted octanol–water partition coefficient (Wildman–Crippen LogP) is 2.51. The van der Waals surface area contributed by atoms with Crippen LogP contribution in [0.1, 0.15) is 28.7 Å². The molecule has 1 aromatic carbocycles. The molecule has 0 aliphatic carbocycles. The molecule has 1 heterocycles. The molecule has 2 aromatic rings. The first-order valence-electron chi connectivity index (χ1n) is 6.21. The number of hydrogen-bond acceptors (Lipinski definition) is 4. The van der Waals surface area contributed by atoms with Gasteiger partial charge < -0.3 is 15.0 Å². The van der Waals surface area contributed by atoms with Gasteiger partial charge in [0.1, 0.15) is 0 Å². The van der Waals surface area contributed by atoms with Crippen LogP contribution in [-0.4, -0.2) is 22.5 Å². The summed E-state index contributed by atoms with van der Waals surface area (Å²) >= 11 is 0. The third-order valence-corrected chi connectivity index (χ3v) is 2.80. The number of para-hydroxylation sites is 1. The Labute approximate surface area is 112 Å². The third-order valence-electron chi connectivity index (χ3n) is 2.80. The van der Waals surface area contributed by atoms with Crippen LogP contribution in [0.25, 0.3) is 0 Å². The van der Waals surface area contributed by atoms with Crippen molar-refractivity contribution in [3.63, 3.8) is 0 Å².